The van der Waals surface area contributed by atoms with E-state index in [1.54, 1.807) is 23.3 Å². The maximum Gasteiger partial charge on any atom is 0.252 e. The van der Waals surface area contributed by atoms with Gasteiger partial charge in [0, 0.05) is 30.4 Å². The molecule has 1 atom stereocenters. The average molecular weight is 394 g/mol. The van der Waals surface area contributed by atoms with E-state index in [-0.39, 0.29) is 18.2 Å². The van der Waals surface area contributed by atoms with Gasteiger partial charge in [0.1, 0.15) is 11.6 Å². The van der Waals surface area contributed by atoms with E-state index < -0.39 is 5.92 Å². The lowest BCUT2D eigenvalue weighted by Crippen LogP contribution is -2.28. The molecule has 3 aromatic heterocycles. The number of nitrogens with one attached hydrogen (secondary N) is 1. The van der Waals surface area contributed by atoms with Crippen LogP contribution in [0.2, 0.25) is 0 Å². The van der Waals surface area contributed by atoms with Gasteiger partial charge in [-0.2, -0.15) is 9.78 Å². The van der Waals surface area contributed by atoms with Crippen molar-refractivity contribution in [1.29, 1.82) is 0 Å². The molecule has 0 aliphatic carbocycles. The number of rotatable bonds is 5. The number of furan rings is 1. The fourth-order valence-corrected chi connectivity index (χ4v) is 3.46. The van der Waals surface area contributed by atoms with E-state index in [0.717, 1.165) is 17.1 Å². The van der Waals surface area contributed by atoms with Crippen LogP contribution in [0.25, 0.3) is 5.95 Å². The third-order valence-corrected chi connectivity index (χ3v) is 4.75. The van der Waals surface area contributed by atoms with E-state index in [1.165, 1.54) is 4.68 Å². The number of likely N-dealkylation sites (tertiary alicyclic amines) is 1. The summed E-state index contributed by atoms with van der Waals surface area (Å²) in [6, 6.07) is 7.22. The van der Waals surface area contributed by atoms with Crippen molar-refractivity contribution < 1.29 is 14.0 Å². The number of carbonyl (C=O) groups is 2. The Morgan fingerprint density at radius 3 is 2.66 bits per heavy atom. The summed E-state index contributed by atoms with van der Waals surface area (Å²) in [5, 5.41) is 7.30. The molecule has 0 radical (unpaired) electrons. The third kappa shape index (κ3) is 4.03. The molecule has 1 aliphatic rings. The second-order valence-corrected chi connectivity index (χ2v) is 7.28. The normalized spacial score (nSPS) is 16.4. The maximum absolute atomic E-state index is 12.8. The number of aromatic nitrogens is 4. The Labute approximate surface area is 167 Å². The first-order chi connectivity index (χ1) is 13.9. The molecule has 4 rings (SSSR count). The Balaban J connectivity index is 1.50. The largest absolute Gasteiger partial charge is 0.467 e. The number of carbonyl (C=O) groups excluding carboxylic acids is 2. The van der Waals surface area contributed by atoms with Crippen molar-refractivity contribution in [3.8, 4) is 5.95 Å². The lowest BCUT2D eigenvalue weighted by Gasteiger charge is -2.15. The Morgan fingerprint density at radius 1 is 1.21 bits per heavy atom. The van der Waals surface area contributed by atoms with Gasteiger partial charge in [0.15, 0.2) is 0 Å². The third-order valence-electron chi connectivity index (χ3n) is 4.75. The predicted octanol–water partition coefficient (Wildman–Crippen LogP) is 2.17. The molecule has 0 bridgehead atoms. The van der Waals surface area contributed by atoms with Crippen molar-refractivity contribution in [1.82, 2.24) is 24.6 Å². The maximum atomic E-state index is 12.8. The van der Waals surface area contributed by atoms with Gasteiger partial charge in [-0.1, -0.05) is 0 Å². The molecule has 2 amide bonds. The summed E-state index contributed by atoms with van der Waals surface area (Å²) >= 11 is 0. The van der Waals surface area contributed by atoms with Crippen molar-refractivity contribution in [3.63, 3.8) is 0 Å². The summed E-state index contributed by atoms with van der Waals surface area (Å²) in [6.45, 7) is 6.30. The van der Waals surface area contributed by atoms with Gasteiger partial charge in [-0.25, -0.2) is 9.97 Å². The Morgan fingerprint density at radius 2 is 1.97 bits per heavy atom. The number of hydrogen-bond acceptors (Lipinski definition) is 6. The second kappa shape index (κ2) is 7.50. The zero-order valence-corrected chi connectivity index (χ0v) is 16.5. The molecule has 1 unspecified atom stereocenters. The molecule has 9 nitrogen and oxygen atoms in total. The van der Waals surface area contributed by atoms with Crippen LogP contribution in [0.5, 0.6) is 0 Å². The van der Waals surface area contributed by atoms with Gasteiger partial charge >= 0.3 is 0 Å². The number of aryl methyl sites for hydroxylation is 3. The minimum atomic E-state index is -0.443. The van der Waals surface area contributed by atoms with Crippen LogP contribution in [0.1, 0.15) is 29.3 Å². The molecule has 9 heteroatoms. The molecule has 0 aromatic carbocycles. The summed E-state index contributed by atoms with van der Waals surface area (Å²) in [6.07, 6.45) is 1.73. The van der Waals surface area contributed by atoms with Crippen LogP contribution in [0.4, 0.5) is 5.82 Å². The molecule has 1 saturated heterocycles. The zero-order valence-electron chi connectivity index (χ0n) is 16.5. The summed E-state index contributed by atoms with van der Waals surface area (Å²) in [5.41, 5.74) is 2.35. The van der Waals surface area contributed by atoms with Gasteiger partial charge in [-0.15, -0.1) is 0 Å². The van der Waals surface area contributed by atoms with E-state index in [4.69, 9.17) is 4.42 Å². The van der Waals surface area contributed by atoms with E-state index in [0.29, 0.717) is 30.6 Å². The molecule has 1 fully saturated rings. The Hall–Kier alpha value is -3.49. The van der Waals surface area contributed by atoms with Gasteiger partial charge in [-0.05, 0) is 39.0 Å². The van der Waals surface area contributed by atoms with Crippen LogP contribution in [0.15, 0.2) is 34.9 Å². The van der Waals surface area contributed by atoms with Crippen molar-refractivity contribution in [2.45, 2.75) is 33.7 Å². The smallest absolute Gasteiger partial charge is 0.252 e. The van der Waals surface area contributed by atoms with E-state index >= 15 is 0 Å². The van der Waals surface area contributed by atoms with Gasteiger partial charge < -0.3 is 14.6 Å². The molecule has 4 heterocycles. The number of hydrogen-bond donors (Lipinski definition) is 1. The lowest BCUT2D eigenvalue weighted by atomic mass is 10.1. The van der Waals surface area contributed by atoms with Crippen LogP contribution in [0, 0.1) is 26.7 Å². The highest BCUT2D eigenvalue weighted by molar-refractivity contribution is 5.96. The summed E-state index contributed by atoms with van der Waals surface area (Å²) in [5.74, 6) is 0.832. The first-order valence-electron chi connectivity index (χ1n) is 9.39. The molecule has 1 N–H and O–H groups in total. The van der Waals surface area contributed by atoms with Gasteiger partial charge in [0.25, 0.3) is 5.95 Å². The quantitative estimate of drug-likeness (QED) is 0.711. The molecule has 0 saturated carbocycles. The number of anilines is 1. The monoisotopic (exact) mass is 394 g/mol. The SMILES string of the molecule is Cc1cc(C)nc(-n2nc(C)cc2NC(=O)C2CC(=O)N(Cc3ccco3)C2)n1. The van der Waals surface area contributed by atoms with E-state index in [9.17, 15) is 9.59 Å². The minimum Gasteiger partial charge on any atom is -0.467 e. The van der Waals surface area contributed by atoms with Crippen LogP contribution >= 0.6 is 0 Å². The van der Waals surface area contributed by atoms with Gasteiger partial charge in [-0.3, -0.25) is 9.59 Å². The van der Waals surface area contributed by atoms with Gasteiger partial charge in [0.2, 0.25) is 11.8 Å². The van der Waals surface area contributed by atoms with Crippen molar-refractivity contribution in [2.24, 2.45) is 5.92 Å². The minimum absolute atomic E-state index is 0.0659. The Kier molecular flexibility index (Phi) is 4.87. The lowest BCUT2D eigenvalue weighted by molar-refractivity contribution is -0.128. The highest BCUT2D eigenvalue weighted by Crippen LogP contribution is 2.23. The second-order valence-electron chi connectivity index (χ2n) is 7.28. The first kappa shape index (κ1) is 18.9. The number of amides is 2. The molecule has 3 aromatic rings. The molecule has 1 aliphatic heterocycles. The fraction of sp³-hybridized carbons (Fsp3) is 0.350. The van der Waals surface area contributed by atoms with Crippen LogP contribution in [-0.2, 0) is 16.1 Å². The Bertz CT molecular complexity index is 1040. The molecular weight excluding hydrogens is 372 g/mol. The standard InChI is InChI=1S/C20H22N6O3/c1-12-7-13(2)22-20(21-12)26-17(8-14(3)24-26)23-19(28)15-9-18(27)25(10-15)11-16-5-4-6-29-16/h4-8,15H,9-11H2,1-3H3,(H,23,28). The highest BCUT2D eigenvalue weighted by atomic mass is 16.3. The average Bonchev–Trinajstić information content (AvgIpc) is 3.36. The topological polar surface area (TPSA) is 106 Å². The van der Waals surface area contributed by atoms with E-state index in [1.807, 2.05) is 32.9 Å². The molecule has 0 spiro atoms. The molecular formula is C20H22N6O3. The van der Waals surface area contributed by atoms with Crippen LogP contribution < -0.4 is 5.32 Å². The van der Waals surface area contributed by atoms with E-state index in [2.05, 4.69) is 20.4 Å². The summed E-state index contributed by atoms with van der Waals surface area (Å²) in [7, 11) is 0. The van der Waals surface area contributed by atoms with Crippen LogP contribution in [-0.4, -0.2) is 43.0 Å². The molecule has 150 valence electrons. The zero-order chi connectivity index (χ0) is 20.5. The summed E-state index contributed by atoms with van der Waals surface area (Å²) in [4.78, 5) is 35.6. The van der Waals surface area contributed by atoms with Gasteiger partial charge in [0.05, 0.1) is 24.4 Å². The van der Waals surface area contributed by atoms with Crippen LogP contribution in [0.3, 0.4) is 0 Å². The number of nitrogens with zero attached hydrogens (tertiary/aromatic N) is 5. The predicted molar refractivity (Wildman–Crippen MR) is 104 cm³/mol. The summed E-state index contributed by atoms with van der Waals surface area (Å²) < 4.78 is 6.82. The highest BCUT2D eigenvalue weighted by Gasteiger charge is 2.35. The van der Waals surface area contributed by atoms with Crippen molar-refractivity contribution >= 4 is 17.6 Å². The van der Waals surface area contributed by atoms with Crippen molar-refractivity contribution in [3.05, 3.63) is 53.4 Å². The van der Waals surface area contributed by atoms with Crippen molar-refractivity contribution in [2.75, 3.05) is 11.9 Å². The molecule has 29 heavy (non-hydrogen) atoms. The first-order valence-corrected chi connectivity index (χ1v) is 9.39. The fourth-order valence-electron chi connectivity index (χ4n) is 3.46.